The minimum atomic E-state index is -1.22. The van der Waals surface area contributed by atoms with Crippen molar-refractivity contribution in [2.45, 2.75) is 25.2 Å². The number of carboxylic acid groups (broad SMARTS) is 1. The van der Waals surface area contributed by atoms with Crippen LogP contribution in [0.5, 0.6) is 0 Å². The lowest BCUT2D eigenvalue weighted by atomic mass is 10.1. The smallest absolute Gasteiger partial charge is 0.336 e. The number of H-pyrrole nitrogens is 1. The number of ketones is 1. The van der Waals surface area contributed by atoms with Crippen LogP contribution in [-0.2, 0) is 19.1 Å². The van der Waals surface area contributed by atoms with Gasteiger partial charge in [0.2, 0.25) is 0 Å². The summed E-state index contributed by atoms with van der Waals surface area (Å²) in [6.45, 7) is 2.64. The second-order valence-electron chi connectivity index (χ2n) is 10.3. The van der Waals surface area contributed by atoms with Crippen molar-refractivity contribution in [1.82, 2.24) is 24.8 Å². The Labute approximate surface area is 244 Å². The summed E-state index contributed by atoms with van der Waals surface area (Å²) in [6.07, 6.45) is 0.679. The summed E-state index contributed by atoms with van der Waals surface area (Å²) >= 11 is 0. The molecule has 5 heterocycles. The zero-order chi connectivity index (χ0) is 30.2. The van der Waals surface area contributed by atoms with Crippen LogP contribution in [0.2, 0.25) is 0 Å². The molecular weight excluding hydrogens is 556 g/mol. The van der Waals surface area contributed by atoms with E-state index in [2.05, 4.69) is 20.3 Å². The molecule has 0 spiro atoms. The molecule has 6 rings (SSSR count). The number of amides is 3. The third-order valence-electron chi connectivity index (χ3n) is 7.47. The van der Waals surface area contributed by atoms with Crippen molar-refractivity contribution >= 4 is 46.2 Å². The molecule has 2 fully saturated rings. The van der Waals surface area contributed by atoms with E-state index in [1.54, 1.807) is 47.4 Å². The highest BCUT2D eigenvalue weighted by Gasteiger charge is 2.50. The minimum Gasteiger partial charge on any atom is -0.479 e. The molecule has 0 saturated carbocycles. The topological polar surface area (TPSA) is 178 Å². The first kappa shape index (κ1) is 27.7. The number of nitrogens with one attached hydrogen (secondary N) is 2. The van der Waals surface area contributed by atoms with Crippen molar-refractivity contribution in [1.29, 1.82) is 0 Å². The number of aliphatic carboxylic acids is 1. The quantitative estimate of drug-likeness (QED) is 0.167. The number of fused-ring (bicyclic) bond motifs is 1. The average molecular weight is 583 g/mol. The van der Waals surface area contributed by atoms with Gasteiger partial charge in [0.25, 0.3) is 23.5 Å². The fourth-order valence-corrected chi connectivity index (χ4v) is 5.22. The number of aromatic nitrogens is 3. The Balaban J connectivity index is 1.17. The third-order valence-corrected chi connectivity index (χ3v) is 7.47. The van der Waals surface area contributed by atoms with Crippen molar-refractivity contribution in [3.05, 3.63) is 78.1 Å². The molecule has 43 heavy (non-hydrogen) atoms. The van der Waals surface area contributed by atoms with E-state index < -0.39 is 35.8 Å². The number of anilines is 1. The van der Waals surface area contributed by atoms with Crippen LogP contribution in [0, 0.1) is 0 Å². The van der Waals surface area contributed by atoms with Gasteiger partial charge < -0.3 is 29.9 Å². The molecule has 0 aliphatic carbocycles. The van der Waals surface area contributed by atoms with Crippen molar-refractivity contribution < 1.29 is 33.8 Å². The highest BCUT2D eigenvalue weighted by molar-refractivity contribution is 6.45. The number of aromatic amines is 1. The molecule has 3 amide bonds. The van der Waals surface area contributed by atoms with Gasteiger partial charge in [-0.25, -0.2) is 9.78 Å². The summed E-state index contributed by atoms with van der Waals surface area (Å²) < 4.78 is 4.88. The Hall–Kier alpha value is -5.43. The Kier molecular flexibility index (Phi) is 7.16. The molecule has 3 atom stereocenters. The van der Waals surface area contributed by atoms with Crippen LogP contribution in [-0.4, -0.2) is 97.2 Å². The van der Waals surface area contributed by atoms with Crippen LogP contribution in [0.1, 0.15) is 27.6 Å². The first-order valence-electron chi connectivity index (χ1n) is 13.5. The van der Waals surface area contributed by atoms with Gasteiger partial charge >= 0.3 is 5.97 Å². The van der Waals surface area contributed by atoms with E-state index in [4.69, 9.17) is 9.84 Å². The van der Waals surface area contributed by atoms with Gasteiger partial charge in [-0.05, 0) is 37.3 Å². The molecule has 0 radical (unpaired) electrons. The first-order chi connectivity index (χ1) is 20.7. The predicted molar refractivity (Wildman–Crippen MR) is 152 cm³/mol. The number of carbonyl (C=O) groups excluding carboxylic acids is 4. The monoisotopic (exact) mass is 582 g/mol. The number of epoxide rings is 1. The molecule has 13 heteroatoms. The number of hydrogen-bond donors (Lipinski definition) is 3. The van der Waals surface area contributed by atoms with Crippen LogP contribution in [0.4, 0.5) is 5.82 Å². The molecule has 218 valence electrons. The number of hydrogen-bond acceptors (Lipinski definition) is 8. The molecule has 4 aromatic rings. The Morgan fingerprint density at radius 3 is 2.51 bits per heavy atom. The van der Waals surface area contributed by atoms with E-state index in [1.807, 2.05) is 13.0 Å². The van der Waals surface area contributed by atoms with E-state index in [0.29, 0.717) is 40.9 Å². The number of rotatable bonds is 7. The molecule has 1 aromatic carbocycles. The maximum atomic E-state index is 13.4. The Bertz CT molecular complexity index is 1770. The van der Waals surface area contributed by atoms with Crippen molar-refractivity contribution in [2.75, 3.05) is 25.0 Å². The number of piperazine rings is 1. The highest BCUT2D eigenvalue weighted by Crippen LogP contribution is 2.29. The summed E-state index contributed by atoms with van der Waals surface area (Å²) in [4.78, 5) is 78.0. The normalized spacial score (nSPS) is 19.6. The number of pyridine rings is 2. The largest absolute Gasteiger partial charge is 0.479 e. The van der Waals surface area contributed by atoms with Gasteiger partial charge in [0.1, 0.15) is 11.5 Å². The second-order valence-corrected chi connectivity index (χ2v) is 10.3. The summed E-state index contributed by atoms with van der Waals surface area (Å²) in [5, 5.41) is 12.0. The summed E-state index contributed by atoms with van der Waals surface area (Å²) in [6, 6.07) is 15.0. The van der Waals surface area contributed by atoms with Gasteiger partial charge in [0.15, 0.2) is 12.2 Å². The van der Waals surface area contributed by atoms with Crippen LogP contribution < -0.4 is 5.32 Å². The fourth-order valence-electron chi connectivity index (χ4n) is 5.22. The average Bonchev–Trinajstić information content (AvgIpc) is 3.73. The Morgan fingerprint density at radius 2 is 1.79 bits per heavy atom. The van der Waals surface area contributed by atoms with Crippen LogP contribution in [0.3, 0.4) is 0 Å². The highest BCUT2D eigenvalue weighted by atomic mass is 16.6. The van der Waals surface area contributed by atoms with Crippen molar-refractivity contribution in [3.63, 3.8) is 0 Å². The number of Topliss-reactive ketones (excluding diaryl/α,β-unsaturated/α-hetero) is 1. The molecule has 0 bridgehead atoms. The number of carboxylic acids is 1. The van der Waals surface area contributed by atoms with Gasteiger partial charge in [0.05, 0.1) is 16.8 Å². The molecule has 13 nitrogen and oxygen atoms in total. The van der Waals surface area contributed by atoms with Gasteiger partial charge in [0, 0.05) is 49.0 Å². The lowest BCUT2D eigenvalue weighted by Gasteiger charge is -2.39. The van der Waals surface area contributed by atoms with E-state index in [9.17, 15) is 24.0 Å². The van der Waals surface area contributed by atoms with Crippen LogP contribution in [0.25, 0.3) is 22.3 Å². The molecular formula is C30H26N6O7. The minimum absolute atomic E-state index is 0.120. The molecule has 2 aliphatic heterocycles. The molecule has 2 saturated heterocycles. The molecule has 2 unspecified atom stereocenters. The fraction of sp³-hybridized carbons (Fsp3) is 0.233. The summed E-state index contributed by atoms with van der Waals surface area (Å²) in [7, 11) is 0. The van der Waals surface area contributed by atoms with Crippen molar-refractivity contribution in [3.8, 4) is 11.4 Å². The maximum absolute atomic E-state index is 13.4. The predicted octanol–water partition coefficient (Wildman–Crippen LogP) is 1.97. The summed E-state index contributed by atoms with van der Waals surface area (Å²) in [5.41, 5.74) is 1.97. The third kappa shape index (κ3) is 5.33. The van der Waals surface area contributed by atoms with Crippen molar-refractivity contribution in [2.24, 2.45) is 0 Å². The number of ether oxygens (including phenoxy) is 1. The molecule has 3 N–H and O–H groups in total. The van der Waals surface area contributed by atoms with E-state index in [0.717, 1.165) is 0 Å². The number of nitrogens with zero attached hydrogens (tertiary/aromatic N) is 4. The lowest BCUT2D eigenvalue weighted by molar-refractivity contribution is -0.138. The molecule has 3 aromatic heterocycles. The van der Waals surface area contributed by atoms with Crippen LogP contribution >= 0.6 is 0 Å². The second kappa shape index (κ2) is 11.1. The van der Waals surface area contributed by atoms with Gasteiger partial charge in [-0.3, -0.25) is 24.2 Å². The zero-order valence-corrected chi connectivity index (χ0v) is 22.9. The van der Waals surface area contributed by atoms with Gasteiger partial charge in [-0.15, -0.1) is 0 Å². The lowest BCUT2D eigenvalue weighted by Crippen LogP contribution is -2.56. The Morgan fingerprint density at radius 1 is 1.00 bits per heavy atom. The number of benzene rings is 1. The van der Waals surface area contributed by atoms with Gasteiger partial charge in [-0.1, -0.05) is 24.3 Å². The summed E-state index contributed by atoms with van der Waals surface area (Å²) in [5.74, 6) is -3.16. The van der Waals surface area contributed by atoms with E-state index >= 15 is 0 Å². The van der Waals surface area contributed by atoms with Crippen LogP contribution in [0.15, 0.2) is 67.0 Å². The van der Waals surface area contributed by atoms with E-state index in [1.165, 1.54) is 23.4 Å². The first-order valence-corrected chi connectivity index (χ1v) is 13.5. The number of carbonyl (C=O) groups is 5. The standard InChI is InChI=1S/C30H26N6O7/c1-16-15-35(28(39)17-6-3-2-4-7-17)12-13-36(16)29(40)24(37)19-14-32-22-18(19)10-11-31-23(22)20-8-5-9-21(33-20)34-27(38)25-26(43-25)30(41)42/h2-11,14,16,25-26,32H,12-13,15H2,1H3,(H,41,42)(H,33,34,38)/t16-,25?,26?/m1/s1. The maximum Gasteiger partial charge on any atom is 0.336 e. The SMILES string of the molecule is C[C@@H]1CN(C(=O)c2ccccc2)CCN1C(=O)C(=O)c1c[nH]c2c(-c3cccc(NC(=O)C4OC4C(=O)O)n3)nccc12. The molecule has 2 aliphatic rings. The zero-order valence-electron chi connectivity index (χ0n) is 22.9. The van der Waals surface area contributed by atoms with E-state index in [-0.39, 0.29) is 29.9 Å². The van der Waals surface area contributed by atoms with Gasteiger partial charge in [-0.2, -0.15) is 0 Å².